The maximum atomic E-state index is 12.8. The molecular weight excluding hydrogens is 368 g/mol. The van der Waals surface area contributed by atoms with Crippen LogP contribution in [-0.2, 0) is 10.3 Å². The Morgan fingerprint density at radius 1 is 1.25 bits per heavy atom. The van der Waals surface area contributed by atoms with E-state index in [0.29, 0.717) is 16.3 Å². The van der Waals surface area contributed by atoms with Crippen LogP contribution < -0.4 is 10.1 Å². The van der Waals surface area contributed by atoms with Crippen LogP contribution >= 0.6 is 0 Å². The van der Waals surface area contributed by atoms with Gasteiger partial charge in [0, 0.05) is 17.7 Å². The molecule has 1 aliphatic heterocycles. The lowest BCUT2D eigenvalue weighted by Crippen LogP contribution is -2.40. The molecule has 0 unspecified atom stereocenters. The molecule has 28 heavy (non-hydrogen) atoms. The summed E-state index contributed by atoms with van der Waals surface area (Å²) < 4.78 is 5.08. The SMILES string of the molecule is COc1ccc([C@@]2(C)NC(=O)N(/N=C\c3cc([N+](=O)[O-])ccc3O)C2=O)cc1. The fourth-order valence-corrected chi connectivity index (χ4v) is 2.73. The molecule has 144 valence electrons. The zero-order valence-electron chi connectivity index (χ0n) is 14.9. The number of urea groups is 1. The number of carbonyl (C=O) groups excluding carboxylic acids is 2. The second kappa shape index (κ2) is 6.99. The number of carbonyl (C=O) groups is 2. The van der Waals surface area contributed by atoms with Crippen LogP contribution in [0.4, 0.5) is 10.5 Å². The first-order chi connectivity index (χ1) is 13.3. The summed E-state index contributed by atoms with van der Waals surface area (Å²) in [5.74, 6) is -0.316. The van der Waals surface area contributed by atoms with E-state index >= 15 is 0 Å². The lowest BCUT2D eigenvalue weighted by atomic mass is 9.92. The lowest BCUT2D eigenvalue weighted by Gasteiger charge is -2.21. The molecule has 2 N–H and O–H groups in total. The summed E-state index contributed by atoms with van der Waals surface area (Å²) in [4.78, 5) is 35.3. The van der Waals surface area contributed by atoms with E-state index in [4.69, 9.17) is 4.74 Å². The maximum Gasteiger partial charge on any atom is 0.346 e. The van der Waals surface area contributed by atoms with E-state index in [1.807, 2.05) is 0 Å². The van der Waals surface area contributed by atoms with Crippen molar-refractivity contribution in [3.05, 3.63) is 63.7 Å². The summed E-state index contributed by atoms with van der Waals surface area (Å²) in [6.07, 6.45) is 1.01. The van der Waals surface area contributed by atoms with E-state index in [0.717, 1.165) is 24.4 Å². The van der Waals surface area contributed by atoms with Gasteiger partial charge in [-0.05, 0) is 30.7 Å². The van der Waals surface area contributed by atoms with Crippen LogP contribution in [0.5, 0.6) is 11.5 Å². The first-order valence-electron chi connectivity index (χ1n) is 8.09. The van der Waals surface area contributed by atoms with E-state index in [-0.39, 0.29) is 17.0 Å². The molecule has 0 aliphatic carbocycles. The number of nitro groups is 1. The number of non-ortho nitro benzene ring substituents is 1. The molecule has 1 atom stereocenters. The Kier molecular flexibility index (Phi) is 4.70. The second-order valence-corrected chi connectivity index (χ2v) is 6.15. The smallest absolute Gasteiger partial charge is 0.346 e. The molecule has 0 radical (unpaired) electrons. The van der Waals surface area contributed by atoms with E-state index in [1.54, 1.807) is 24.3 Å². The molecule has 0 bridgehead atoms. The quantitative estimate of drug-likeness (QED) is 0.351. The lowest BCUT2D eigenvalue weighted by molar-refractivity contribution is -0.384. The molecule has 0 spiro atoms. The van der Waals surface area contributed by atoms with Gasteiger partial charge >= 0.3 is 6.03 Å². The van der Waals surface area contributed by atoms with Gasteiger partial charge in [0.1, 0.15) is 17.0 Å². The topological polar surface area (TPSA) is 134 Å². The van der Waals surface area contributed by atoms with E-state index in [2.05, 4.69) is 10.4 Å². The molecule has 2 aromatic carbocycles. The van der Waals surface area contributed by atoms with E-state index in [9.17, 15) is 24.8 Å². The van der Waals surface area contributed by atoms with Crippen LogP contribution in [0.3, 0.4) is 0 Å². The summed E-state index contributed by atoms with van der Waals surface area (Å²) in [6.45, 7) is 1.54. The number of nitro benzene ring substituents is 1. The summed E-state index contributed by atoms with van der Waals surface area (Å²) in [5.41, 5.74) is -1.08. The van der Waals surface area contributed by atoms with Crippen molar-refractivity contribution in [2.75, 3.05) is 7.11 Å². The van der Waals surface area contributed by atoms with Gasteiger partial charge in [0.15, 0.2) is 0 Å². The Bertz CT molecular complexity index is 988. The van der Waals surface area contributed by atoms with Gasteiger partial charge in [-0.25, -0.2) is 4.79 Å². The van der Waals surface area contributed by atoms with Crippen LogP contribution in [0.1, 0.15) is 18.1 Å². The minimum absolute atomic E-state index is 0.00662. The third-order valence-electron chi connectivity index (χ3n) is 4.37. The van der Waals surface area contributed by atoms with Gasteiger partial charge < -0.3 is 15.2 Å². The van der Waals surface area contributed by atoms with Gasteiger partial charge in [0.2, 0.25) is 0 Å². The van der Waals surface area contributed by atoms with Crippen LogP contribution in [0, 0.1) is 10.1 Å². The number of amides is 3. The average molecular weight is 384 g/mol. The van der Waals surface area contributed by atoms with Crippen molar-refractivity contribution in [1.82, 2.24) is 10.3 Å². The predicted molar refractivity (Wildman–Crippen MR) is 98.1 cm³/mol. The van der Waals surface area contributed by atoms with Gasteiger partial charge in [0.05, 0.1) is 18.2 Å². The zero-order chi connectivity index (χ0) is 20.5. The molecule has 2 aromatic rings. The number of nitrogens with zero attached hydrogens (tertiary/aromatic N) is 3. The van der Waals surface area contributed by atoms with E-state index < -0.39 is 22.4 Å². The standard InChI is InChI=1S/C18H16N4O6/c1-18(12-3-6-14(28-2)7-4-12)16(24)21(17(25)20-18)19-10-11-9-13(22(26)27)5-8-15(11)23/h3-10,23H,1-2H3,(H,20,25)/b19-10-/t18-/m1/s1. The van der Waals surface area contributed by atoms with Gasteiger partial charge in [-0.15, -0.1) is 5.01 Å². The normalized spacial score (nSPS) is 19.1. The predicted octanol–water partition coefficient (Wildman–Crippen LogP) is 2.11. The molecule has 1 heterocycles. The molecule has 3 amide bonds. The number of hydrogen-bond acceptors (Lipinski definition) is 7. The fourth-order valence-electron chi connectivity index (χ4n) is 2.73. The van der Waals surface area contributed by atoms with Crippen LogP contribution in [-0.4, -0.2) is 40.3 Å². The van der Waals surface area contributed by atoms with Crippen molar-refractivity contribution in [2.45, 2.75) is 12.5 Å². The molecule has 3 rings (SSSR count). The first-order valence-corrected chi connectivity index (χ1v) is 8.09. The highest BCUT2D eigenvalue weighted by Crippen LogP contribution is 2.30. The highest BCUT2D eigenvalue weighted by molar-refractivity contribution is 6.07. The number of rotatable bonds is 5. The third kappa shape index (κ3) is 3.22. The second-order valence-electron chi connectivity index (χ2n) is 6.15. The Balaban J connectivity index is 1.89. The Morgan fingerprint density at radius 3 is 2.54 bits per heavy atom. The van der Waals surface area contributed by atoms with Crippen LogP contribution in [0.25, 0.3) is 0 Å². The van der Waals surface area contributed by atoms with Crippen molar-refractivity contribution in [3.63, 3.8) is 0 Å². The summed E-state index contributed by atoms with van der Waals surface area (Å²) in [7, 11) is 1.51. The highest BCUT2D eigenvalue weighted by Gasteiger charge is 2.49. The fraction of sp³-hybridized carbons (Fsp3) is 0.167. The van der Waals surface area contributed by atoms with Crippen LogP contribution in [0.15, 0.2) is 47.6 Å². The molecule has 1 aliphatic rings. The number of phenolic OH excluding ortho intramolecular Hbond substituents is 1. The Hall–Kier alpha value is -3.95. The molecule has 1 saturated heterocycles. The Morgan fingerprint density at radius 2 is 1.93 bits per heavy atom. The zero-order valence-corrected chi connectivity index (χ0v) is 14.9. The molecular formula is C18H16N4O6. The Labute approximate surface area is 159 Å². The number of ether oxygens (including phenoxy) is 1. The van der Waals surface area contributed by atoms with Crippen molar-refractivity contribution in [2.24, 2.45) is 5.10 Å². The third-order valence-corrected chi connectivity index (χ3v) is 4.37. The number of phenols is 1. The largest absolute Gasteiger partial charge is 0.507 e. The van der Waals surface area contributed by atoms with E-state index in [1.165, 1.54) is 14.0 Å². The van der Waals surface area contributed by atoms with Crippen molar-refractivity contribution in [1.29, 1.82) is 0 Å². The molecule has 0 aromatic heterocycles. The van der Waals surface area contributed by atoms with Gasteiger partial charge in [-0.1, -0.05) is 12.1 Å². The molecule has 0 saturated carbocycles. The van der Waals surface area contributed by atoms with Crippen molar-refractivity contribution < 1.29 is 24.4 Å². The molecule has 1 fully saturated rings. The summed E-state index contributed by atoms with van der Waals surface area (Å²) >= 11 is 0. The number of hydrazone groups is 1. The maximum absolute atomic E-state index is 12.8. The minimum atomic E-state index is -1.34. The number of methoxy groups -OCH3 is 1. The number of nitrogens with one attached hydrogen (secondary N) is 1. The molecule has 10 nitrogen and oxygen atoms in total. The average Bonchev–Trinajstić information content (AvgIpc) is 2.90. The number of imide groups is 1. The minimum Gasteiger partial charge on any atom is -0.507 e. The van der Waals surface area contributed by atoms with Crippen LogP contribution in [0.2, 0.25) is 0 Å². The monoisotopic (exact) mass is 384 g/mol. The number of hydrogen-bond donors (Lipinski definition) is 2. The van der Waals surface area contributed by atoms with Gasteiger partial charge in [-0.2, -0.15) is 5.10 Å². The summed E-state index contributed by atoms with van der Waals surface area (Å²) in [6, 6.07) is 9.20. The number of aromatic hydroxyl groups is 1. The summed E-state index contributed by atoms with van der Waals surface area (Å²) in [5, 5.41) is 27.7. The molecule has 10 heteroatoms. The van der Waals surface area contributed by atoms with Crippen molar-refractivity contribution >= 4 is 23.8 Å². The first kappa shape index (κ1) is 18.8. The van der Waals surface area contributed by atoms with Crippen molar-refractivity contribution in [3.8, 4) is 11.5 Å². The van der Waals surface area contributed by atoms with Gasteiger partial charge in [0.25, 0.3) is 11.6 Å². The number of benzene rings is 2. The van der Waals surface area contributed by atoms with Gasteiger partial charge in [-0.3, -0.25) is 14.9 Å². The highest BCUT2D eigenvalue weighted by atomic mass is 16.6.